The summed E-state index contributed by atoms with van der Waals surface area (Å²) < 4.78 is 5.12. The average Bonchev–Trinajstić information content (AvgIpc) is 2.41. The first-order valence-electron chi connectivity index (χ1n) is 3.79. The van der Waals surface area contributed by atoms with Crippen LogP contribution in [0.1, 0.15) is 19.8 Å². The first kappa shape index (κ1) is 7.54. The minimum absolute atomic E-state index is 0.719. The van der Waals surface area contributed by atoms with Gasteiger partial charge in [-0.1, -0.05) is 6.92 Å². The normalized spacial score (nSPS) is 21.9. The van der Waals surface area contributed by atoms with Gasteiger partial charge in [0.05, 0.1) is 18.9 Å². The molecule has 0 atom stereocenters. The zero-order chi connectivity index (χ0) is 7.23. The van der Waals surface area contributed by atoms with Gasteiger partial charge in [-0.05, 0) is 6.42 Å². The van der Waals surface area contributed by atoms with Crippen LogP contribution in [0.25, 0.3) is 0 Å². The number of ether oxygens (including phenoxy) is 1. The third-order valence-electron chi connectivity index (χ3n) is 1.40. The Morgan fingerprint density at radius 1 is 1.70 bits per heavy atom. The van der Waals surface area contributed by atoms with Crippen LogP contribution in [0.5, 0.6) is 0 Å². The zero-order valence-electron chi connectivity index (χ0n) is 6.39. The SMILES string of the molecule is CCCN/N=C1\CCOC1. The van der Waals surface area contributed by atoms with Crippen LogP contribution in [0.2, 0.25) is 0 Å². The van der Waals surface area contributed by atoms with Crippen molar-refractivity contribution < 1.29 is 4.74 Å². The van der Waals surface area contributed by atoms with E-state index < -0.39 is 0 Å². The molecule has 3 nitrogen and oxygen atoms in total. The molecule has 1 heterocycles. The average molecular weight is 142 g/mol. The highest BCUT2D eigenvalue weighted by Crippen LogP contribution is 1.97. The summed E-state index contributed by atoms with van der Waals surface area (Å²) in [6.45, 7) is 4.64. The fourth-order valence-electron chi connectivity index (χ4n) is 0.820. The molecule has 1 rings (SSSR count). The minimum atomic E-state index is 0.719. The van der Waals surface area contributed by atoms with Gasteiger partial charge in [-0.15, -0.1) is 0 Å². The maximum absolute atomic E-state index is 5.12. The highest BCUT2D eigenvalue weighted by molar-refractivity contribution is 5.86. The van der Waals surface area contributed by atoms with Crippen LogP contribution in [0, 0.1) is 0 Å². The molecule has 0 aromatic rings. The van der Waals surface area contributed by atoms with Crippen molar-refractivity contribution in [3.05, 3.63) is 0 Å². The predicted octanol–water partition coefficient (Wildman–Crippen LogP) is 0.762. The molecule has 1 saturated heterocycles. The van der Waals surface area contributed by atoms with Crippen molar-refractivity contribution in [1.82, 2.24) is 5.43 Å². The standard InChI is InChI=1S/C7H14N2O/c1-2-4-8-9-7-3-5-10-6-7/h8H,2-6H2,1H3/b9-7+. The first-order chi connectivity index (χ1) is 4.93. The molecule has 1 aliphatic heterocycles. The lowest BCUT2D eigenvalue weighted by Gasteiger charge is -1.96. The fraction of sp³-hybridized carbons (Fsp3) is 0.857. The summed E-state index contributed by atoms with van der Waals surface area (Å²) in [6.07, 6.45) is 2.12. The second-order valence-corrected chi connectivity index (χ2v) is 2.39. The van der Waals surface area contributed by atoms with Crippen LogP contribution in [0.4, 0.5) is 0 Å². The van der Waals surface area contributed by atoms with Gasteiger partial charge in [-0.2, -0.15) is 5.10 Å². The van der Waals surface area contributed by atoms with E-state index in [2.05, 4.69) is 17.5 Å². The van der Waals surface area contributed by atoms with Crippen molar-refractivity contribution in [3.63, 3.8) is 0 Å². The molecule has 0 unspecified atom stereocenters. The van der Waals surface area contributed by atoms with Gasteiger partial charge in [0.15, 0.2) is 0 Å². The quantitative estimate of drug-likeness (QED) is 0.466. The maximum atomic E-state index is 5.12. The highest BCUT2D eigenvalue weighted by atomic mass is 16.5. The Hall–Kier alpha value is -0.570. The number of rotatable bonds is 3. The van der Waals surface area contributed by atoms with Crippen LogP contribution in [-0.2, 0) is 4.74 Å². The van der Waals surface area contributed by atoms with Gasteiger partial charge in [-0.3, -0.25) is 0 Å². The molecule has 0 amide bonds. The molecular weight excluding hydrogens is 128 g/mol. The topological polar surface area (TPSA) is 33.6 Å². The van der Waals surface area contributed by atoms with E-state index >= 15 is 0 Å². The fourth-order valence-corrected chi connectivity index (χ4v) is 0.820. The smallest absolute Gasteiger partial charge is 0.0867 e. The van der Waals surface area contributed by atoms with Crippen molar-refractivity contribution >= 4 is 5.71 Å². The largest absolute Gasteiger partial charge is 0.375 e. The van der Waals surface area contributed by atoms with Crippen LogP contribution in [-0.4, -0.2) is 25.5 Å². The minimum Gasteiger partial charge on any atom is -0.375 e. The summed E-state index contributed by atoms with van der Waals surface area (Å²) in [5, 5.41) is 4.15. The van der Waals surface area contributed by atoms with Crippen molar-refractivity contribution in [2.45, 2.75) is 19.8 Å². The molecule has 0 aliphatic carbocycles. The summed E-state index contributed by atoms with van der Waals surface area (Å²) in [5.41, 5.74) is 4.13. The lowest BCUT2D eigenvalue weighted by molar-refractivity contribution is 0.209. The Kier molecular flexibility index (Phi) is 3.22. The Bertz CT molecular complexity index is 115. The van der Waals surface area contributed by atoms with Gasteiger partial charge < -0.3 is 10.2 Å². The molecule has 0 saturated carbocycles. The summed E-state index contributed by atoms with van der Waals surface area (Å²) in [4.78, 5) is 0. The van der Waals surface area contributed by atoms with Crippen molar-refractivity contribution in [3.8, 4) is 0 Å². The van der Waals surface area contributed by atoms with Gasteiger partial charge >= 0.3 is 0 Å². The first-order valence-corrected chi connectivity index (χ1v) is 3.79. The van der Waals surface area contributed by atoms with E-state index in [-0.39, 0.29) is 0 Å². The lowest BCUT2D eigenvalue weighted by Crippen LogP contribution is -2.10. The van der Waals surface area contributed by atoms with E-state index in [1.165, 1.54) is 0 Å². The lowest BCUT2D eigenvalue weighted by atomic mass is 10.3. The van der Waals surface area contributed by atoms with Crippen LogP contribution < -0.4 is 5.43 Å². The Morgan fingerprint density at radius 2 is 2.60 bits per heavy atom. The van der Waals surface area contributed by atoms with Crippen molar-refractivity contribution in [2.75, 3.05) is 19.8 Å². The number of hydrogen-bond acceptors (Lipinski definition) is 3. The number of nitrogens with zero attached hydrogens (tertiary/aromatic N) is 1. The monoisotopic (exact) mass is 142 g/mol. The second kappa shape index (κ2) is 4.28. The Balaban J connectivity index is 2.12. The zero-order valence-corrected chi connectivity index (χ0v) is 6.39. The molecule has 1 aliphatic rings. The van der Waals surface area contributed by atoms with Crippen LogP contribution in [0.15, 0.2) is 5.10 Å². The van der Waals surface area contributed by atoms with Crippen molar-refractivity contribution in [2.24, 2.45) is 5.10 Å². The van der Waals surface area contributed by atoms with Gasteiger partial charge in [0.2, 0.25) is 0 Å². The molecule has 0 spiro atoms. The molecule has 10 heavy (non-hydrogen) atoms. The van der Waals surface area contributed by atoms with E-state index in [4.69, 9.17) is 4.74 Å². The third kappa shape index (κ3) is 2.35. The Labute approximate surface area is 61.5 Å². The molecule has 0 aromatic heterocycles. The number of hydrogen-bond donors (Lipinski definition) is 1. The molecule has 58 valence electrons. The molecule has 3 heteroatoms. The van der Waals surface area contributed by atoms with Crippen LogP contribution >= 0.6 is 0 Å². The summed E-state index contributed by atoms with van der Waals surface area (Å²) in [6, 6.07) is 0. The molecule has 1 N–H and O–H groups in total. The van der Waals surface area contributed by atoms with Crippen LogP contribution in [0.3, 0.4) is 0 Å². The summed E-state index contributed by atoms with van der Waals surface area (Å²) in [5.74, 6) is 0. The number of nitrogens with one attached hydrogen (secondary N) is 1. The molecule has 0 aromatic carbocycles. The van der Waals surface area contributed by atoms with Gasteiger partial charge in [0.1, 0.15) is 0 Å². The number of hydrazone groups is 1. The van der Waals surface area contributed by atoms with E-state index in [0.717, 1.165) is 38.3 Å². The summed E-state index contributed by atoms with van der Waals surface area (Å²) >= 11 is 0. The third-order valence-corrected chi connectivity index (χ3v) is 1.40. The van der Waals surface area contributed by atoms with E-state index in [1.54, 1.807) is 0 Å². The molecule has 0 bridgehead atoms. The van der Waals surface area contributed by atoms with Gasteiger partial charge in [0.25, 0.3) is 0 Å². The van der Waals surface area contributed by atoms with E-state index in [0.29, 0.717) is 0 Å². The predicted molar refractivity (Wildman–Crippen MR) is 41.2 cm³/mol. The van der Waals surface area contributed by atoms with E-state index in [1.807, 2.05) is 0 Å². The molecular formula is C7H14N2O. The van der Waals surface area contributed by atoms with Gasteiger partial charge in [-0.25, -0.2) is 0 Å². The molecule has 0 radical (unpaired) electrons. The highest BCUT2D eigenvalue weighted by Gasteiger charge is 2.06. The second-order valence-electron chi connectivity index (χ2n) is 2.39. The van der Waals surface area contributed by atoms with Gasteiger partial charge in [0, 0.05) is 13.0 Å². The summed E-state index contributed by atoms with van der Waals surface area (Å²) in [7, 11) is 0. The maximum Gasteiger partial charge on any atom is 0.0867 e. The van der Waals surface area contributed by atoms with Crippen molar-refractivity contribution in [1.29, 1.82) is 0 Å². The van der Waals surface area contributed by atoms with E-state index in [9.17, 15) is 0 Å². The Morgan fingerprint density at radius 3 is 3.20 bits per heavy atom. The molecule has 1 fully saturated rings.